The Labute approximate surface area is 109 Å². The van der Waals surface area contributed by atoms with Crippen LogP contribution in [-0.4, -0.2) is 8.52 Å². The molecule has 0 amide bonds. The second-order valence-electron chi connectivity index (χ2n) is 4.27. The summed E-state index contributed by atoms with van der Waals surface area (Å²) in [5.41, 5.74) is 1.69. The van der Waals surface area contributed by atoms with Gasteiger partial charge in [0, 0.05) is 18.6 Å². The molecule has 4 nitrogen and oxygen atoms in total. The summed E-state index contributed by atoms with van der Waals surface area (Å²) in [5.74, 6) is 0. The van der Waals surface area contributed by atoms with E-state index in [1.807, 2.05) is 18.2 Å². The first-order valence-corrected chi connectivity index (χ1v) is 6.79. The molecule has 0 aliphatic heterocycles. The van der Waals surface area contributed by atoms with Crippen molar-refractivity contribution in [1.29, 1.82) is 0 Å². The van der Waals surface area contributed by atoms with Crippen molar-refractivity contribution in [3.05, 3.63) is 50.0 Å². The van der Waals surface area contributed by atoms with Gasteiger partial charge >= 0.3 is 10.6 Å². The quantitative estimate of drug-likeness (QED) is 0.847. The molecule has 0 spiro atoms. The number of aromatic nitrogens is 2. The number of hydrogen-bond donors (Lipinski definition) is 0. The van der Waals surface area contributed by atoms with Crippen molar-refractivity contribution in [1.82, 2.24) is 8.52 Å². The second kappa shape index (κ2) is 5.35. The van der Waals surface area contributed by atoms with E-state index in [4.69, 9.17) is 0 Å². The molecule has 0 saturated carbocycles. The summed E-state index contributed by atoms with van der Waals surface area (Å²) in [4.78, 5) is 23.1. The molecule has 0 atom stereocenters. The van der Waals surface area contributed by atoms with Crippen molar-refractivity contribution in [2.24, 2.45) is 7.05 Å². The van der Waals surface area contributed by atoms with Gasteiger partial charge in [0.15, 0.2) is 0 Å². The Morgan fingerprint density at radius 3 is 2.67 bits per heavy atom. The molecule has 0 aliphatic rings. The Morgan fingerprint density at radius 1 is 1.28 bits per heavy atom. The Balaban J connectivity index is 2.41. The fourth-order valence-corrected chi connectivity index (χ4v) is 2.55. The highest BCUT2D eigenvalue weighted by atomic mass is 32.1. The van der Waals surface area contributed by atoms with Gasteiger partial charge in [-0.15, -0.1) is 0 Å². The van der Waals surface area contributed by atoms with E-state index < -0.39 is 0 Å². The normalized spacial score (nSPS) is 10.8. The van der Waals surface area contributed by atoms with Gasteiger partial charge in [-0.1, -0.05) is 25.5 Å². The summed E-state index contributed by atoms with van der Waals surface area (Å²) < 4.78 is 2.57. The fraction of sp³-hybridized carbons (Fsp3) is 0.385. The van der Waals surface area contributed by atoms with Crippen LogP contribution in [-0.2, 0) is 13.5 Å². The number of hydrogen-bond acceptors (Lipinski definition) is 3. The summed E-state index contributed by atoms with van der Waals surface area (Å²) in [6.07, 6.45) is 3.27. The minimum atomic E-state index is -0.280. The smallest absolute Gasteiger partial charge is 0.255 e. The predicted octanol–water partition coefficient (Wildman–Crippen LogP) is 1.94. The minimum absolute atomic E-state index is 0.237. The van der Waals surface area contributed by atoms with Gasteiger partial charge < -0.3 is 0 Å². The number of nitrogens with zero attached hydrogens (tertiary/aromatic N) is 2. The van der Waals surface area contributed by atoms with Gasteiger partial charge in [0.25, 0.3) is 0 Å². The third-order valence-electron chi connectivity index (χ3n) is 2.87. The number of unbranched alkanes of at least 4 members (excludes halogenated alkanes) is 1. The third-order valence-corrected chi connectivity index (χ3v) is 3.85. The lowest BCUT2D eigenvalue weighted by molar-refractivity contribution is 0.790. The van der Waals surface area contributed by atoms with E-state index in [9.17, 15) is 9.59 Å². The predicted molar refractivity (Wildman–Crippen MR) is 73.8 cm³/mol. The van der Waals surface area contributed by atoms with Crippen LogP contribution in [0.25, 0.3) is 5.69 Å². The summed E-state index contributed by atoms with van der Waals surface area (Å²) in [6, 6.07) is 7.81. The topological polar surface area (TPSA) is 44.0 Å². The maximum atomic E-state index is 11.9. The summed E-state index contributed by atoms with van der Waals surface area (Å²) in [6.45, 7) is 2.15. The summed E-state index contributed by atoms with van der Waals surface area (Å²) in [5, 5.41) is 0. The molecule has 1 aromatic carbocycles. The van der Waals surface area contributed by atoms with E-state index in [0.29, 0.717) is 0 Å². The highest BCUT2D eigenvalue weighted by Gasteiger charge is 2.08. The van der Waals surface area contributed by atoms with Crippen molar-refractivity contribution >= 4 is 11.5 Å². The van der Waals surface area contributed by atoms with Crippen LogP contribution in [0, 0.1) is 0 Å². The van der Waals surface area contributed by atoms with Crippen LogP contribution in [0.5, 0.6) is 0 Å². The van der Waals surface area contributed by atoms with Crippen molar-refractivity contribution in [3.63, 3.8) is 0 Å². The molecule has 0 N–H and O–H groups in total. The molecule has 96 valence electrons. The minimum Gasteiger partial charge on any atom is -0.255 e. The van der Waals surface area contributed by atoms with Crippen molar-refractivity contribution < 1.29 is 0 Å². The second-order valence-corrected chi connectivity index (χ2v) is 5.16. The summed E-state index contributed by atoms with van der Waals surface area (Å²) in [7, 11) is 1.50. The van der Waals surface area contributed by atoms with Gasteiger partial charge in [-0.2, -0.15) is 0 Å². The monoisotopic (exact) mass is 264 g/mol. The van der Waals surface area contributed by atoms with Crippen LogP contribution >= 0.6 is 11.5 Å². The highest BCUT2D eigenvalue weighted by Crippen LogP contribution is 2.12. The highest BCUT2D eigenvalue weighted by molar-refractivity contribution is 7.03. The van der Waals surface area contributed by atoms with Gasteiger partial charge in [0.2, 0.25) is 0 Å². The number of aryl methyl sites for hydroxylation is 1. The van der Waals surface area contributed by atoms with Crippen LogP contribution < -0.4 is 10.6 Å². The van der Waals surface area contributed by atoms with Crippen LogP contribution in [0.1, 0.15) is 25.3 Å². The van der Waals surface area contributed by atoms with E-state index in [2.05, 4.69) is 13.0 Å². The lowest BCUT2D eigenvalue weighted by Gasteiger charge is -2.03. The van der Waals surface area contributed by atoms with Crippen LogP contribution in [0.4, 0.5) is 0 Å². The molecule has 2 aromatic rings. The summed E-state index contributed by atoms with van der Waals surface area (Å²) >= 11 is 0.938. The SMILES string of the molecule is CCCCc1cccc(-n2sc(=O)n(C)c2=O)c1. The molecule has 0 aliphatic carbocycles. The van der Waals surface area contributed by atoms with E-state index in [1.165, 1.54) is 16.6 Å². The third kappa shape index (κ3) is 2.46. The Hall–Kier alpha value is -1.62. The molecule has 0 saturated heterocycles. The largest absolute Gasteiger partial charge is 0.345 e. The zero-order valence-electron chi connectivity index (χ0n) is 10.5. The van der Waals surface area contributed by atoms with Gasteiger partial charge in [-0.3, -0.25) is 9.36 Å². The van der Waals surface area contributed by atoms with Gasteiger partial charge in [0.05, 0.1) is 5.69 Å². The standard InChI is InChI=1S/C13H16N2O2S/c1-3-4-6-10-7-5-8-11(9-10)15-12(16)14(2)13(17)18-15/h5,7-9H,3-4,6H2,1-2H3. The van der Waals surface area contributed by atoms with E-state index in [-0.39, 0.29) is 10.6 Å². The van der Waals surface area contributed by atoms with Crippen molar-refractivity contribution in [2.75, 3.05) is 0 Å². The van der Waals surface area contributed by atoms with Gasteiger partial charge in [-0.25, -0.2) is 8.75 Å². The van der Waals surface area contributed by atoms with E-state index in [0.717, 1.165) is 41.0 Å². The Bertz CT molecular complexity index is 651. The molecule has 1 heterocycles. The maximum Gasteiger partial charge on any atom is 0.345 e. The van der Waals surface area contributed by atoms with E-state index >= 15 is 0 Å². The average molecular weight is 264 g/mol. The molecule has 2 rings (SSSR count). The van der Waals surface area contributed by atoms with Crippen LogP contribution in [0.2, 0.25) is 0 Å². The van der Waals surface area contributed by atoms with E-state index in [1.54, 1.807) is 0 Å². The van der Waals surface area contributed by atoms with Crippen LogP contribution in [0.15, 0.2) is 33.9 Å². The molecule has 1 aromatic heterocycles. The first kappa shape index (κ1) is 12.8. The van der Waals surface area contributed by atoms with Gasteiger partial charge in [-0.05, 0) is 30.5 Å². The Morgan fingerprint density at radius 2 is 2.06 bits per heavy atom. The molecule has 5 heteroatoms. The molecule has 0 bridgehead atoms. The zero-order chi connectivity index (χ0) is 13.1. The number of rotatable bonds is 4. The van der Waals surface area contributed by atoms with Crippen molar-refractivity contribution in [3.8, 4) is 5.69 Å². The van der Waals surface area contributed by atoms with Crippen molar-refractivity contribution in [2.45, 2.75) is 26.2 Å². The molecule has 18 heavy (non-hydrogen) atoms. The zero-order valence-corrected chi connectivity index (χ0v) is 11.4. The lowest BCUT2D eigenvalue weighted by atomic mass is 10.1. The molecular weight excluding hydrogens is 248 g/mol. The van der Waals surface area contributed by atoms with Gasteiger partial charge in [0.1, 0.15) is 0 Å². The first-order chi connectivity index (χ1) is 8.63. The number of benzene rings is 1. The molecular formula is C13H16N2O2S. The lowest BCUT2D eigenvalue weighted by Crippen LogP contribution is -2.25. The Kier molecular flexibility index (Phi) is 3.81. The molecule has 0 unspecified atom stereocenters. The fourth-order valence-electron chi connectivity index (χ4n) is 1.78. The van der Waals surface area contributed by atoms with Crippen LogP contribution in [0.3, 0.4) is 0 Å². The maximum absolute atomic E-state index is 11.9. The molecule has 0 radical (unpaired) electrons. The average Bonchev–Trinajstić information content (AvgIpc) is 2.64. The molecule has 0 fully saturated rings. The first-order valence-electron chi connectivity index (χ1n) is 6.02.